The number of hydrogen-bond donors (Lipinski definition) is 0. The van der Waals surface area contributed by atoms with Crippen molar-refractivity contribution in [2.24, 2.45) is 0 Å². The van der Waals surface area contributed by atoms with Gasteiger partial charge in [0.2, 0.25) is 5.78 Å². The molecule has 0 aliphatic carbocycles. The van der Waals surface area contributed by atoms with Crippen LogP contribution in [0.15, 0.2) is 60.0 Å². The normalized spacial score (nSPS) is 11.0. The maximum Gasteiger partial charge on any atom is 0.201 e. The third-order valence-electron chi connectivity index (χ3n) is 2.94. The highest BCUT2D eigenvalue weighted by Crippen LogP contribution is 2.17. The maximum atomic E-state index is 12.1. The van der Waals surface area contributed by atoms with Crippen molar-refractivity contribution < 1.29 is 22.5 Å². The number of rotatable bonds is 6. The van der Waals surface area contributed by atoms with Crippen molar-refractivity contribution in [2.75, 3.05) is 6.61 Å². The quantitative estimate of drug-likeness (QED) is 0.604. The zero-order chi connectivity index (χ0) is 16.2. The maximum absolute atomic E-state index is 12.1. The molecule has 0 heterocycles. The first-order valence-electron chi connectivity index (χ1n) is 6.35. The van der Waals surface area contributed by atoms with Gasteiger partial charge >= 0.3 is 0 Å². The summed E-state index contributed by atoms with van der Waals surface area (Å²) in [6.45, 7) is 3.26. The summed E-state index contributed by atoms with van der Waals surface area (Å²) in [6, 6.07) is 12.1. The molecule has 2 aromatic rings. The summed E-state index contributed by atoms with van der Waals surface area (Å²) in [7, 11) is -4.71. The zero-order valence-corrected chi connectivity index (χ0v) is 12.4. The number of carbonyl (C=O) groups excluding carboxylic acids is 1. The van der Waals surface area contributed by atoms with Gasteiger partial charge in [0.1, 0.15) is 15.9 Å². The first-order chi connectivity index (χ1) is 10.4. The van der Waals surface area contributed by atoms with Gasteiger partial charge in [-0.05, 0) is 29.8 Å². The molecule has 2 aromatic carbocycles. The molecule has 0 spiro atoms. The van der Waals surface area contributed by atoms with Crippen LogP contribution in [0.2, 0.25) is 0 Å². The Kier molecular flexibility index (Phi) is 4.75. The van der Waals surface area contributed by atoms with Crippen LogP contribution in [0.4, 0.5) is 0 Å². The minimum absolute atomic E-state index is 0.166. The Hall–Kier alpha value is -2.44. The molecule has 0 atom stereocenters. The molecular weight excluding hydrogens is 304 g/mol. The van der Waals surface area contributed by atoms with Crippen LogP contribution in [-0.4, -0.2) is 25.4 Å². The molecule has 6 heteroatoms. The highest BCUT2D eigenvalue weighted by molar-refractivity contribution is 7.85. The third kappa shape index (κ3) is 3.81. The molecule has 5 nitrogen and oxygen atoms in total. The zero-order valence-electron chi connectivity index (χ0n) is 11.6. The molecule has 0 bridgehead atoms. The Balaban J connectivity index is 2.14. The fourth-order valence-electron chi connectivity index (χ4n) is 1.84. The lowest BCUT2D eigenvalue weighted by atomic mass is 10.1. The van der Waals surface area contributed by atoms with E-state index in [1.165, 1.54) is 18.2 Å². The molecule has 0 aliphatic heterocycles. The molecule has 114 valence electrons. The van der Waals surface area contributed by atoms with Crippen molar-refractivity contribution in [3.63, 3.8) is 0 Å². The lowest BCUT2D eigenvalue weighted by molar-refractivity contribution is 0.0918. The number of benzene rings is 2. The molecule has 0 fully saturated rings. The Labute approximate surface area is 128 Å². The van der Waals surface area contributed by atoms with Crippen LogP contribution in [0.25, 0.3) is 6.08 Å². The van der Waals surface area contributed by atoms with Crippen molar-refractivity contribution in [1.29, 1.82) is 0 Å². The lowest BCUT2D eigenvalue weighted by Gasteiger charge is -2.12. The number of carbonyl (C=O) groups is 1. The fourth-order valence-corrected chi connectivity index (χ4v) is 2.54. The van der Waals surface area contributed by atoms with Gasteiger partial charge in [-0.3, -0.25) is 4.79 Å². The van der Waals surface area contributed by atoms with Gasteiger partial charge in [0.25, 0.3) is 0 Å². The molecule has 0 aromatic heterocycles. The highest BCUT2D eigenvalue weighted by Gasteiger charge is 2.15. The standard InChI is InChI=1S/C16H14O5S/c1-2-12-7-9-13(10-8-12)21-11-15(17)14-5-3-4-6-16(14)22(18,19)20/h2-10H,1,11H2,(H,18,19,20)/p-1. The molecule has 0 saturated heterocycles. The first kappa shape index (κ1) is 15.9. The van der Waals surface area contributed by atoms with Crippen LogP contribution >= 0.6 is 0 Å². The minimum Gasteiger partial charge on any atom is -0.744 e. The van der Waals surface area contributed by atoms with E-state index in [2.05, 4.69) is 6.58 Å². The summed E-state index contributed by atoms with van der Waals surface area (Å²) in [5, 5.41) is 0. The summed E-state index contributed by atoms with van der Waals surface area (Å²) in [5.74, 6) is -0.121. The predicted octanol–water partition coefficient (Wildman–Crippen LogP) is 2.50. The molecule has 0 N–H and O–H groups in total. The number of hydrogen-bond acceptors (Lipinski definition) is 5. The van der Waals surface area contributed by atoms with E-state index in [0.29, 0.717) is 5.75 Å². The molecule has 2 rings (SSSR count). The average Bonchev–Trinajstić information content (AvgIpc) is 2.52. The number of ether oxygens (including phenoxy) is 1. The van der Waals surface area contributed by atoms with Crippen molar-refractivity contribution in [3.05, 3.63) is 66.2 Å². The van der Waals surface area contributed by atoms with Crippen molar-refractivity contribution in [2.45, 2.75) is 4.90 Å². The van der Waals surface area contributed by atoms with Crippen molar-refractivity contribution in [1.82, 2.24) is 0 Å². The van der Waals surface area contributed by atoms with Crippen LogP contribution in [0.1, 0.15) is 15.9 Å². The van der Waals surface area contributed by atoms with E-state index in [9.17, 15) is 17.8 Å². The molecule has 0 amide bonds. The largest absolute Gasteiger partial charge is 0.744 e. The van der Waals surface area contributed by atoms with Gasteiger partial charge in [0.05, 0.1) is 4.90 Å². The predicted molar refractivity (Wildman–Crippen MR) is 80.8 cm³/mol. The summed E-state index contributed by atoms with van der Waals surface area (Å²) < 4.78 is 38.7. The van der Waals surface area contributed by atoms with E-state index in [-0.39, 0.29) is 12.2 Å². The van der Waals surface area contributed by atoms with E-state index < -0.39 is 20.8 Å². The second-order valence-electron chi connectivity index (χ2n) is 4.44. The lowest BCUT2D eigenvalue weighted by Crippen LogP contribution is -2.15. The summed E-state index contributed by atoms with van der Waals surface area (Å²) >= 11 is 0. The monoisotopic (exact) mass is 317 g/mol. The van der Waals surface area contributed by atoms with Gasteiger partial charge in [-0.2, -0.15) is 0 Å². The third-order valence-corrected chi connectivity index (χ3v) is 3.84. The van der Waals surface area contributed by atoms with Gasteiger partial charge in [-0.15, -0.1) is 0 Å². The Morgan fingerprint density at radius 1 is 1.14 bits per heavy atom. The van der Waals surface area contributed by atoms with Crippen molar-refractivity contribution in [3.8, 4) is 5.75 Å². The Morgan fingerprint density at radius 3 is 2.36 bits per heavy atom. The SMILES string of the molecule is C=Cc1ccc(OCC(=O)c2ccccc2S(=O)(=O)[O-])cc1. The Bertz CT molecular complexity index is 792. The Morgan fingerprint density at radius 2 is 1.77 bits per heavy atom. The number of ketones is 1. The van der Waals surface area contributed by atoms with E-state index in [0.717, 1.165) is 11.6 Å². The average molecular weight is 317 g/mol. The summed E-state index contributed by atoms with van der Waals surface area (Å²) in [4.78, 5) is 11.5. The van der Waals surface area contributed by atoms with E-state index in [4.69, 9.17) is 4.74 Å². The van der Waals surface area contributed by atoms with E-state index in [1.807, 2.05) is 0 Å². The molecule has 0 unspecified atom stereocenters. The van der Waals surface area contributed by atoms with Crippen LogP contribution < -0.4 is 4.74 Å². The van der Waals surface area contributed by atoms with E-state index >= 15 is 0 Å². The van der Waals surface area contributed by atoms with Crippen LogP contribution in [0.3, 0.4) is 0 Å². The van der Waals surface area contributed by atoms with Gasteiger partial charge in [-0.25, -0.2) is 8.42 Å². The molecule has 22 heavy (non-hydrogen) atoms. The number of Topliss-reactive ketones (excluding diaryl/α,β-unsaturated/α-hetero) is 1. The highest BCUT2D eigenvalue weighted by atomic mass is 32.2. The van der Waals surface area contributed by atoms with Gasteiger partial charge in [0.15, 0.2) is 6.61 Å². The fraction of sp³-hybridized carbons (Fsp3) is 0.0625. The second-order valence-corrected chi connectivity index (χ2v) is 5.78. The molecule has 0 saturated carbocycles. The smallest absolute Gasteiger partial charge is 0.201 e. The second kappa shape index (κ2) is 6.55. The van der Waals surface area contributed by atoms with Crippen LogP contribution in [0, 0.1) is 0 Å². The molecule has 0 aliphatic rings. The minimum atomic E-state index is -4.71. The topological polar surface area (TPSA) is 83.5 Å². The molecular formula is C16H13O5S-. The van der Waals surface area contributed by atoms with Crippen molar-refractivity contribution >= 4 is 22.0 Å². The molecule has 0 radical (unpaired) electrons. The van der Waals surface area contributed by atoms with Gasteiger partial charge in [0, 0.05) is 5.56 Å². The van der Waals surface area contributed by atoms with Gasteiger partial charge < -0.3 is 9.29 Å². The van der Waals surface area contributed by atoms with Crippen LogP contribution in [-0.2, 0) is 10.1 Å². The first-order valence-corrected chi connectivity index (χ1v) is 7.76. The van der Waals surface area contributed by atoms with Gasteiger partial charge in [-0.1, -0.05) is 36.9 Å². The van der Waals surface area contributed by atoms with Crippen LogP contribution in [0.5, 0.6) is 5.75 Å². The summed E-state index contributed by atoms with van der Waals surface area (Å²) in [6.07, 6.45) is 1.67. The van der Waals surface area contributed by atoms with E-state index in [1.54, 1.807) is 30.3 Å². The summed E-state index contributed by atoms with van der Waals surface area (Å²) in [5.41, 5.74) is 0.738.